The van der Waals surface area contributed by atoms with Crippen molar-refractivity contribution in [1.29, 1.82) is 0 Å². The van der Waals surface area contributed by atoms with Gasteiger partial charge in [-0.2, -0.15) is 0 Å². The van der Waals surface area contributed by atoms with Crippen molar-refractivity contribution in [2.45, 2.75) is 19.9 Å². The second-order valence-corrected chi connectivity index (χ2v) is 7.92. The molecule has 1 aliphatic rings. The molecule has 0 saturated carbocycles. The smallest absolute Gasteiger partial charge is 0.255 e. The van der Waals surface area contributed by atoms with Gasteiger partial charge in [-0.3, -0.25) is 9.36 Å². The SMILES string of the molecule is COc1ccc(-c2ccn(-c3ccc4c5c(n(C)c4c3)CNCC5)c(=O)c2)c(C)c1.Cl. The molecule has 3 heterocycles. The van der Waals surface area contributed by atoms with Crippen molar-refractivity contribution in [3.63, 3.8) is 0 Å². The molecule has 1 aliphatic heterocycles. The minimum atomic E-state index is -0.0392. The zero-order valence-corrected chi connectivity index (χ0v) is 18.8. The first-order valence-electron chi connectivity index (χ1n) is 10.3. The maximum atomic E-state index is 13.0. The molecule has 5 rings (SSSR count). The molecule has 0 amide bonds. The Morgan fingerprint density at radius 1 is 1.06 bits per heavy atom. The number of hydrogen-bond acceptors (Lipinski definition) is 3. The lowest BCUT2D eigenvalue weighted by atomic mass is 10.0. The summed E-state index contributed by atoms with van der Waals surface area (Å²) < 4.78 is 9.25. The van der Waals surface area contributed by atoms with Crippen LogP contribution in [0.25, 0.3) is 27.7 Å². The van der Waals surface area contributed by atoms with E-state index in [0.717, 1.165) is 47.6 Å². The Bertz CT molecular complexity index is 1340. The molecule has 0 radical (unpaired) electrons. The number of nitrogens with one attached hydrogen (secondary N) is 1. The third-order valence-electron chi connectivity index (χ3n) is 6.21. The van der Waals surface area contributed by atoms with Gasteiger partial charge in [-0.25, -0.2) is 0 Å². The average molecular weight is 436 g/mol. The summed E-state index contributed by atoms with van der Waals surface area (Å²) >= 11 is 0. The highest BCUT2D eigenvalue weighted by atomic mass is 35.5. The van der Waals surface area contributed by atoms with E-state index in [2.05, 4.69) is 29.1 Å². The van der Waals surface area contributed by atoms with Crippen LogP contribution in [0.15, 0.2) is 59.5 Å². The molecule has 0 bridgehead atoms. The number of halogens is 1. The van der Waals surface area contributed by atoms with E-state index in [1.807, 2.05) is 43.5 Å². The number of aryl methyl sites for hydroxylation is 2. The quantitative estimate of drug-likeness (QED) is 0.519. The minimum Gasteiger partial charge on any atom is -0.497 e. The summed E-state index contributed by atoms with van der Waals surface area (Å²) in [7, 11) is 3.77. The Hall–Kier alpha value is -3.02. The molecule has 6 heteroatoms. The van der Waals surface area contributed by atoms with Gasteiger partial charge in [0, 0.05) is 36.9 Å². The third kappa shape index (κ3) is 3.54. The molecule has 0 aliphatic carbocycles. The molecule has 2 aromatic heterocycles. The number of benzene rings is 2. The molecule has 0 fully saturated rings. The van der Waals surface area contributed by atoms with Gasteiger partial charge in [-0.1, -0.05) is 12.1 Å². The van der Waals surface area contributed by atoms with Crippen LogP contribution in [0, 0.1) is 6.92 Å². The Balaban J connectivity index is 0.00000231. The van der Waals surface area contributed by atoms with Crippen LogP contribution in [-0.4, -0.2) is 22.8 Å². The van der Waals surface area contributed by atoms with Gasteiger partial charge >= 0.3 is 0 Å². The van der Waals surface area contributed by atoms with Gasteiger partial charge in [0.1, 0.15) is 5.75 Å². The van der Waals surface area contributed by atoms with Gasteiger partial charge in [-0.05, 0) is 72.5 Å². The summed E-state index contributed by atoms with van der Waals surface area (Å²) in [5.74, 6) is 0.818. The fourth-order valence-corrected chi connectivity index (χ4v) is 4.58. The van der Waals surface area contributed by atoms with Crippen molar-refractivity contribution in [2.24, 2.45) is 7.05 Å². The van der Waals surface area contributed by atoms with Crippen LogP contribution in [0.4, 0.5) is 0 Å². The van der Waals surface area contributed by atoms with Crippen molar-refractivity contribution in [2.75, 3.05) is 13.7 Å². The van der Waals surface area contributed by atoms with Crippen LogP contribution in [0.5, 0.6) is 5.75 Å². The Kier molecular flexibility index (Phi) is 5.65. The minimum absolute atomic E-state index is 0. The molecule has 5 nitrogen and oxygen atoms in total. The third-order valence-corrected chi connectivity index (χ3v) is 6.21. The number of nitrogens with zero attached hydrogens (tertiary/aromatic N) is 2. The Labute approximate surface area is 187 Å². The maximum Gasteiger partial charge on any atom is 0.255 e. The Morgan fingerprint density at radius 3 is 2.65 bits per heavy atom. The zero-order valence-electron chi connectivity index (χ0n) is 17.9. The predicted octanol–water partition coefficient (Wildman–Crippen LogP) is 4.38. The topological polar surface area (TPSA) is 48.2 Å². The molecular formula is C25H26ClN3O2. The highest BCUT2D eigenvalue weighted by Gasteiger charge is 2.18. The number of pyridine rings is 1. The summed E-state index contributed by atoms with van der Waals surface area (Å²) in [6.45, 7) is 3.94. The first-order chi connectivity index (χ1) is 14.6. The Morgan fingerprint density at radius 2 is 1.90 bits per heavy atom. The lowest BCUT2D eigenvalue weighted by Gasteiger charge is -2.14. The number of aromatic nitrogens is 2. The number of fused-ring (bicyclic) bond motifs is 3. The lowest BCUT2D eigenvalue weighted by Crippen LogP contribution is -2.24. The average Bonchev–Trinajstić information content (AvgIpc) is 3.05. The van der Waals surface area contributed by atoms with E-state index in [-0.39, 0.29) is 18.0 Å². The molecule has 0 saturated heterocycles. The van der Waals surface area contributed by atoms with E-state index in [0.29, 0.717) is 0 Å². The van der Waals surface area contributed by atoms with E-state index in [1.54, 1.807) is 17.7 Å². The fourth-order valence-electron chi connectivity index (χ4n) is 4.58. The summed E-state index contributed by atoms with van der Waals surface area (Å²) in [5.41, 5.74) is 7.82. The van der Waals surface area contributed by atoms with E-state index in [4.69, 9.17) is 4.74 Å². The van der Waals surface area contributed by atoms with E-state index < -0.39 is 0 Å². The zero-order chi connectivity index (χ0) is 20.8. The van der Waals surface area contributed by atoms with Crippen LogP contribution < -0.4 is 15.6 Å². The van der Waals surface area contributed by atoms with Gasteiger partial charge in [0.2, 0.25) is 0 Å². The molecule has 160 valence electrons. The largest absolute Gasteiger partial charge is 0.497 e. The summed E-state index contributed by atoms with van der Waals surface area (Å²) in [5, 5.41) is 4.74. The molecule has 4 aromatic rings. The van der Waals surface area contributed by atoms with Gasteiger partial charge < -0.3 is 14.6 Å². The lowest BCUT2D eigenvalue weighted by molar-refractivity contribution is 0.414. The normalized spacial score (nSPS) is 13.0. The van der Waals surface area contributed by atoms with Crippen molar-refractivity contribution in [3.8, 4) is 22.6 Å². The predicted molar refractivity (Wildman–Crippen MR) is 128 cm³/mol. The van der Waals surface area contributed by atoms with E-state index in [9.17, 15) is 4.79 Å². The highest BCUT2D eigenvalue weighted by molar-refractivity contribution is 5.87. The number of hydrogen-bond donors (Lipinski definition) is 1. The van der Waals surface area contributed by atoms with Crippen LogP contribution in [0.2, 0.25) is 0 Å². The number of ether oxygens (including phenoxy) is 1. The van der Waals surface area contributed by atoms with E-state index in [1.165, 1.54) is 22.2 Å². The fraction of sp³-hybridized carbons (Fsp3) is 0.240. The van der Waals surface area contributed by atoms with Crippen molar-refractivity contribution >= 4 is 23.3 Å². The maximum absolute atomic E-state index is 13.0. The highest BCUT2D eigenvalue weighted by Crippen LogP contribution is 2.30. The van der Waals surface area contributed by atoms with Crippen molar-refractivity contribution in [1.82, 2.24) is 14.5 Å². The van der Waals surface area contributed by atoms with Crippen LogP contribution in [-0.2, 0) is 20.0 Å². The molecule has 31 heavy (non-hydrogen) atoms. The second-order valence-electron chi connectivity index (χ2n) is 7.92. The monoisotopic (exact) mass is 435 g/mol. The van der Waals surface area contributed by atoms with Gasteiger partial charge in [0.25, 0.3) is 5.56 Å². The first kappa shape index (κ1) is 21.2. The number of rotatable bonds is 3. The summed E-state index contributed by atoms with van der Waals surface area (Å²) in [6, 6.07) is 15.9. The standard InChI is InChI=1S/C25H25N3O2.ClH/c1-16-12-19(30-3)5-7-20(16)17-9-11-28(25(29)13-17)18-4-6-21-22-8-10-26-15-24(22)27(2)23(21)14-18;/h4-7,9,11-14,26H,8,10,15H2,1-3H3;1H. The summed E-state index contributed by atoms with van der Waals surface area (Å²) in [4.78, 5) is 13.0. The molecular weight excluding hydrogens is 410 g/mol. The number of methoxy groups -OCH3 is 1. The molecule has 2 aromatic carbocycles. The summed E-state index contributed by atoms with van der Waals surface area (Å²) in [6.07, 6.45) is 2.91. The van der Waals surface area contributed by atoms with Gasteiger partial charge in [0.15, 0.2) is 0 Å². The van der Waals surface area contributed by atoms with Crippen LogP contribution >= 0.6 is 12.4 Å². The second kappa shape index (κ2) is 8.25. The van der Waals surface area contributed by atoms with E-state index >= 15 is 0 Å². The molecule has 0 atom stereocenters. The van der Waals surface area contributed by atoms with Crippen LogP contribution in [0.1, 0.15) is 16.8 Å². The molecule has 1 N–H and O–H groups in total. The first-order valence-corrected chi connectivity index (χ1v) is 10.3. The van der Waals surface area contributed by atoms with Gasteiger partial charge in [0.05, 0.1) is 18.3 Å². The molecule has 0 spiro atoms. The van der Waals surface area contributed by atoms with Crippen LogP contribution in [0.3, 0.4) is 0 Å². The van der Waals surface area contributed by atoms with Gasteiger partial charge in [-0.15, -0.1) is 12.4 Å². The van der Waals surface area contributed by atoms with Crippen molar-refractivity contribution in [3.05, 3.63) is 81.9 Å². The van der Waals surface area contributed by atoms with Crippen molar-refractivity contribution < 1.29 is 4.74 Å². The molecule has 0 unspecified atom stereocenters.